The molecule has 354 valence electrons. The van der Waals surface area contributed by atoms with Crippen molar-refractivity contribution in [3.8, 4) is 40.5 Å². The number of fused-ring (bicyclic) bond motifs is 4. The van der Waals surface area contributed by atoms with Crippen LogP contribution in [0.25, 0.3) is 55.6 Å². The molecule has 7 aromatic carbocycles. The Hall–Kier alpha value is -6.87. The first-order valence-electron chi connectivity index (χ1n) is 21.5. The molecule has 1 aliphatic heterocycles. The van der Waals surface area contributed by atoms with E-state index in [0.717, 1.165) is 0 Å². The molecular formula is C57H47BCl3F3N2O3S. The summed E-state index contributed by atoms with van der Waals surface area (Å²) in [6, 6.07) is 71.7. The number of hydrogen-bond acceptors (Lipinski definition) is 4. The number of rotatable bonds is 7. The number of benzene rings is 7. The summed E-state index contributed by atoms with van der Waals surface area (Å²) in [6.45, 7) is 3.14. The molecule has 0 N–H and O–H groups in total. The van der Waals surface area contributed by atoms with E-state index in [1.165, 1.54) is 62.7 Å². The van der Waals surface area contributed by atoms with Crippen LogP contribution in [0.2, 0.25) is 0 Å². The highest BCUT2D eigenvalue weighted by atomic mass is 35.6. The summed E-state index contributed by atoms with van der Waals surface area (Å²) in [5, 5.41) is 1.93. The lowest BCUT2D eigenvalue weighted by Crippen LogP contribution is -2.78. The molecule has 3 heterocycles. The Morgan fingerprint density at radius 1 is 0.600 bits per heavy atom. The maximum absolute atomic E-state index is 12.5. The number of halogens is 6. The van der Waals surface area contributed by atoms with Gasteiger partial charge in [0.05, 0.1) is 5.52 Å². The summed E-state index contributed by atoms with van der Waals surface area (Å²) in [5.41, 5.74) is 6.21. The molecule has 70 heavy (non-hydrogen) atoms. The molecule has 13 heteroatoms. The minimum Gasteiger partial charge on any atom is -0.402 e. The van der Waals surface area contributed by atoms with E-state index in [9.17, 15) is 21.6 Å². The summed E-state index contributed by atoms with van der Waals surface area (Å²) in [7, 11) is -5.78. The highest BCUT2D eigenvalue weighted by molar-refractivity contribution is 7.88. The highest BCUT2D eigenvalue weighted by Crippen LogP contribution is 2.37. The molecule has 2 aromatic heterocycles. The van der Waals surface area contributed by atoms with Crippen LogP contribution in [-0.4, -0.2) is 29.0 Å². The van der Waals surface area contributed by atoms with Gasteiger partial charge in [-0.1, -0.05) is 230 Å². The van der Waals surface area contributed by atoms with Crippen LogP contribution in [0.5, 0.6) is 5.88 Å². The second-order valence-electron chi connectivity index (χ2n) is 15.8. The highest BCUT2D eigenvalue weighted by Gasteiger charge is 2.50. The monoisotopic (exact) mass is 1010 g/mol. The number of aromatic nitrogens is 2. The Kier molecular flexibility index (Phi) is 17.0. The number of nitrogens with zero attached hydrogens (tertiary/aromatic N) is 2. The quantitative estimate of drug-likeness (QED) is 0.0525. The van der Waals surface area contributed by atoms with E-state index in [1.54, 1.807) is 61.5 Å². The van der Waals surface area contributed by atoms with Crippen LogP contribution < -0.4 is 19.6 Å². The SMILES string of the molecule is C.C#CC.C1=C(c2ccccc2)[B-](c2ccccc2)(c2ccccc2)[n+]2c1cc(-c1ccccc1)c1ccccc12.CC(Cl)(Cl)Cl.O=S(=O)(Oc1cc(-c2ccccc2)c2ccccc2n1)C(F)(F)F. The molecule has 0 amide bonds. The van der Waals surface area contributed by atoms with Crippen molar-refractivity contribution in [2.45, 2.75) is 30.6 Å². The summed E-state index contributed by atoms with van der Waals surface area (Å²) in [6.07, 6.45) is 5.53. The van der Waals surface area contributed by atoms with Crippen LogP contribution in [0.4, 0.5) is 13.2 Å². The Bertz CT molecular complexity index is 3330. The fourth-order valence-electron chi connectivity index (χ4n) is 8.64. The normalized spacial score (nSPS) is 12.5. The third-order valence-corrected chi connectivity index (χ3v) is 12.1. The van der Waals surface area contributed by atoms with Crippen molar-refractivity contribution in [3.05, 3.63) is 224 Å². The van der Waals surface area contributed by atoms with Gasteiger partial charge in [0.15, 0.2) is 15.0 Å². The maximum atomic E-state index is 12.5. The smallest absolute Gasteiger partial charge is 0.402 e. The Morgan fingerprint density at radius 2 is 0.986 bits per heavy atom. The number of para-hydroxylation sites is 2. The molecule has 0 radical (unpaired) electrons. The number of hydrogen-bond donors (Lipinski definition) is 0. The van der Waals surface area contributed by atoms with Crippen LogP contribution >= 0.6 is 34.8 Å². The minimum absolute atomic E-state index is 0. The van der Waals surface area contributed by atoms with E-state index in [1.807, 2.05) is 0 Å². The maximum Gasteiger partial charge on any atom is 0.534 e. The average Bonchev–Trinajstić information content (AvgIpc) is 3.71. The van der Waals surface area contributed by atoms with Gasteiger partial charge in [0.2, 0.25) is 5.88 Å². The van der Waals surface area contributed by atoms with Gasteiger partial charge in [-0.3, -0.25) is 0 Å². The standard InChI is InChI=1S/C35H26BN.C16H10F3NO3S.C3H4.C2H3Cl3.CH4/c1-5-15-27(16-6-1)33-25-31-26-34(28-17-7-2-8-18-28)36(29-19-9-3-10-20-29,30-21-11-4-12-22-30)37(31)35-24-14-13-23-32(33)35;17-16(18,19)24(21,22)23-15-10-13(11-6-2-1-3-7-11)12-8-4-5-9-14(12)20-15;1-3-2;1-2(3,4)5;/h1-26H;1-10H;1H,2H3;1H3;1H4. The Morgan fingerprint density at radius 3 is 1.46 bits per heavy atom. The van der Waals surface area contributed by atoms with E-state index in [0.29, 0.717) is 22.0 Å². The Labute approximate surface area is 422 Å². The van der Waals surface area contributed by atoms with Gasteiger partial charge in [0.1, 0.15) is 0 Å². The molecule has 10 rings (SSSR count). The molecular weight excluding hydrogens is 967 g/mol. The second kappa shape index (κ2) is 22.7. The predicted octanol–water partition coefficient (Wildman–Crippen LogP) is 14.3. The van der Waals surface area contributed by atoms with Crippen LogP contribution in [0.1, 0.15) is 32.5 Å². The van der Waals surface area contributed by atoms with E-state index in [-0.39, 0.29) is 7.43 Å². The van der Waals surface area contributed by atoms with Gasteiger partial charge < -0.3 is 8.66 Å². The van der Waals surface area contributed by atoms with Gasteiger partial charge in [0.25, 0.3) is 0 Å². The fraction of sp³-hybridized carbons (Fsp3) is 0.0877. The van der Waals surface area contributed by atoms with Crippen molar-refractivity contribution in [2.24, 2.45) is 0 Å². The molecule has 0 atom stereocenters. The van der Waals surface area contributed by atoms with Gasteiger partial charge in [-0.15, -0.1) is 28.7 Å². The van der Waals surface area contributed by atoms with Gasteiger partial charge >= 0.3 is 21.9 Å². The van der Waals surface area contributed by atoms with Crippen molar-refractivity contribution in [3.63, 3.8) is 0 Å². The number of pyridine rings is 2. The van der Waals surface area contributed by atoms with E-state index in [2.05, 4.69) is 184 Å². The van der Waals surface area contributed by atoms with Crippen LogP contribution in [0.15, 0.2) is 212 Å². The largest absolute Gasteiger partial charge is 0.534 e. The zero-order valence-corrected chi connectivity index (χ0v) is 40.3. The van der Waals surface area contributed by atoms with Gasteiger partial charge in [-0.25, -0.2) is 4.98 Å². The van der Waals surface area contributed by atoms with Crippen LogP contribution in [-0.2, 0) is 10.1 Å². The lowest BCUT2D eigenvalue weighted by Gasteiger charge is -2.36. The molecule has 0 bridgehead atoms. The summed E-state index contributed by atoms with van der Waals surface area (Å²) < 4.78 is 65.7. The number of terminal acetylenes is 1. The minimum atomic E-state index is -5.78. The molecule has 0 saturated carbocycles. The molecule has 9 aromatic rings. The van der Waals surface area contributed by atoms with Crippen molar-refractivity contribution in [1.82, 2.24) is 4.98 Å². The molecule has 0 spiro atoms. The summed E-state index contributed by atoms with van der Waals surface area (Å²) in [4.78, 5) is 3.86. The first-order valence-corrected chi connectivity index (χ1v) is 24.1. The predicted molar refractivity (Wildman–Crippen MR) is 287 cm³/mol. The fourth-order valence-corrected chi connectivity index (χ4v) is 9.05. The molecule has 0 unspecified atom stereocenters. The average molecular weight is 1010 g/mol. The van der Waals surface area contributed by atoms with Crippen molar-refractivity contribution >= 4 is 95.5 Å². The molecule has 0 saturated heterocycles. The van der Waals surface area contributed by atoms with Crippen molar-refractivity contribution in [2.75, 3.05) is 0 Å². The van der Waals surface area contributed by atoms with Crippen molar-refractivity contribution < 1.29 is 30.3 Å². The van der Waals surface area contributed by atoms with Crippen molar-refractivity contribution in [1.29, 1.82) is 0 Å². The van der Waals surface area contributed by atoms with Crippen LogP contribution in [0.3, 0.4) is 0 Å². The first kappa shape index (κ1) is 52.5. The van der Waals surface area contributed by atoms with Gasteiger partial charge in [0, 0.05) is 34.5 Å². The zero-order valence-electron chi connectivity index (χ0n) is 37.2. The zero-order chi connectivity index (χ0) is 49.2. The van der Waals surface area contributed by atoms with Gasteiger partial charge in [-0.2, -0.15) is 21.6 Å². The first-order chi connectivity index (χ1) is 33.1. The van der Waals surface area contributed by atoms with Gasteiger partial charge in [-0.05, 0) is 48.7 Å². The lowest BCUT2D eigenvalue weighted by atomic mass is 9.23. The summed E-state index contributed by atoms with van der Waals surface area (Å²) in [5.74, 6) is 1.62. The lowest BCUT2D eigenvalue weighted by molar-refractivity contribution is -0.508. The van der Waals surface area contributed by atoms with E-state index < -0.39 is 31.6 Å². The second-order valence-corrected chi connectivity index (χ2v) is 20.2. The molecule has 0 fully saturated rings. The van der Waals surface area contributed by atoms with Crippen LogP contribution in [0, 0.1) is 12.3 Å². The van der Waals surface area contributed by atoms with E-state index in [4.69, 9.17) is 34.8 Å². The molecule has 5 nitrogen and oxygen atoms in total. The summed E-state index contributed by atoms with van der Waals surface area (Å²) >= 11 is 15.2. The molecule has 1 aliphatic rings. The third kappa shape index (κ3) is 11.8. The third-order valence-electron chi connectivity index (χ3n) is 11.2. The number of alkyl halides is 6. The molecule has 0 aliphatic carbocycles. The Balaban J connectivity index is 0.000000210. The van der Waals surface area contributed by atoms with E-state index >= 15 is 0 Å². The topological polar surface area (TPSA) is 60.1 Å².